The van der Waals surface area contributed by atoms with Crippen LogP contribution in [-0.4, -0.2) is 57.3 Å². The molecule has 0 bridgehead atoms. The van der Waals surface area contributed by atoms with Crippen LogP contribution in [0.25, 0.3) is 0 Å². The number of aliphatic hydroxyl groups is 1. The predicted molar refractivity (Wildman–Crippen MR) is 67.6 cm³/mol. The number of nitrogens with two attached hydrogens (primary N) is 1. The Kier molecular flexibility index (Phi) is 12.9. The van der Waals surface area contributed by atoms with Crippen molar-refractivity contribution in [3.05, 3.63) is 0 Å². The molecule has 0 aromatic rings. The number of nitrogens with one attached hydrogen (secondary N) is 1. The minimum Gasteiger partial charge on any atom is -0.379 e. The first kappa shape index (κ1) is 16.4. The van der Waals surface area contributed by atoms with Crippen LogP contribution in [0, 0.1) is 11.8 Å². The first-order valence-electron chi connectivity index (χ1n) is 5.98. The number of rotatable bonds is 11. The first-order chi connectivity index (χ1) is 8.31. The molecule has 0 aliphatic heterocycles. The first-order valence-corrected chi connectivity index (χ1v) is 5.98. The van der Waals surface area contributed by atoms with Gasteiger partial charge in [-0.3, -0.25) is 0 Å². The van der Waals surface area contributed by atoms with Crippen molar-refractivity contribution in [1.29, 1.82) is 0 Å². The molecule has 17 heavy (non-hydrogen) atoms. The van der Waals surface area contributed by atoms with Crippen LogP contribution in [0.3, 0.4) is 0 Å². The van der Waals surface area contributed by atoms with Gasteiger partial charge in [-0.15, -0.1) is 5.92 Å². The van der Waals surface area contributed by atoms with Crippen molar-refractivity contribution in [3.8, 4) is 11.8 Å². The SMILES string of the molecule is CC#CC(O)CNCCCOCCOCCN. The van der Waals surface area contributed by atoms with Crippen LogP contribution < -0.4 is 11.1 Å². The Bertz CT molecular complexity index is 214. The van der Waals surface area contributed by atoms with Crippen LogP contribution in [0.5, 0.6) is 0 Å². The van der Waals surface area contributed by atoms with Gasteiger partial charge in [0.05, 0.1) is 19.8 Å². The topological polar surface area (TPSA) is 76.7 Å². The molecule has 0 amide bonds. The van der Waals surface area contributed by atoms with E-state index in [0.29, 0.717) is 39.5 Å². The molecule has 0 saturated carbocycles. The summed E-state index contributed by atoms with van der Waals surface area (Å²) in [6.07, 6.45) is 0.328. The second-order valence-corrected chi connectivity index (χ2v) is 3.48. The van der Waals surface area contributed by atoms with E-state index >= 15 is 0 Å². The second kappa shape index (κ2) is 13.4. The lowest BCUT2D eigenvalue weighted by molar-refractivity contribution is 0.0497. The third kappa shape index (κ3) is 13.3. The van der Waals surface area contributed by atoms with Crippen LogP contribution in [0.1, 0.15) is 13.3 Å². The Morgan fingerprint density at radius 2 is 1.94 bits per heavy atom. The quantitative estimate of drug-likeness (QED) is 0.332. The van der Waals surface area contributed by atoms with Crippen molar-refractivity contribution >= 4 is 0 Å². The summed E-state index contributed by atoms with van der Waals surface area (Å²) in [7, 11) is 0. The zero-order valence-electron chi connectivity index (χ0n) is 10.6. The van der Waals surface area contributed by atoms with E-state index < -0.39 is 6.10 Å². The third-order valence-corrected chi connectivity index (χ3v) is 1.93. The maximum atomic E-state index is 9.28. The van der Waals surface area contributed by atoms with Gasteiger partial charge >= 0.3 is 0 Å². The van der Waals surface area contributed by atoms with Gasteiger partial charge < -0.3 is 25.6 Å². The highest BCUT2D eigenvalue weighted by molar-refractivity contribution is 5.02. The van der Waals surface area contributed by atoms with Crippen LogP contribution in [0.15, 0.2) is 0 Å². The van der Waals surface area contributed by atoms with Gasteiger partial charge in [0.15, 0.2) is 0 Å². The minimum absolute atomic E-state index is 0.500. The lowest BCUT2D eigenvalue weighted by atomic mass is 10.3. The fourth-order valence-corrected chi connectivity index (χ4v) is 1.16. The predicted octanol–water partition coefficient (Wildman–Crippen LogP) is -0.658. The van der Waals surface area contributed by atoms with Gasteiger partial charge in [0.2, 0.25) is 0 Å². The Balaban J connectivity index is 3.05. The molecule has 0 spiro atoms. The van der Waals surface area contributed by atoms with Crippen molar-refractivity contribution < 1.29 is 14.6 Å². The van der Waals surface area contributed by atoms with E-state index in [1.165, 1.54) is 0 Å². The van der Waals surface area contributed by atoms with Gasteiger partial charge in [0.25, 0.3) is 0 Å². The van der Waals surface area contributed by atoms with E-state index in [4.69, 9.17) is 15.2 Å². The largest absolute Gasteiger partial charge is 0.379 e. The summed E-state index contributed by atoms with van der Waals surface area (Å²) in [5, 5.41) is 12.4. The van der Waals surface area contributed by atoms with Crippen molar-refractivity contribution in [2.24, 2.45) is 5.73 Å². The Morgan fingerprint density at radius 1 is 1.24 bits per heavy atom. The average molecular weight is 244 g/mol. The molecule has 1 atom stereocenters. The van der Waals surface area contributed by atoms with Crippen molar-refractivity contribution in [3.63, 3.8) is 0 Å². The Morgan fingerprint density at radius 3 is 2.59 bits per heavy atom. The molecule has 0 rings (SSSR count). The van der Waals surface area contributed by atoms with E-state index in [2.05, 4.69) is 17.2 Å². The minimum atomic E-state index is -0.578. The summed E-state index contributed by atoms with van der Waals surface area (Å²) in [6.45, 7) is 6.04. The van der Waals surface area contributed by atoms with E-state index in [9.17, 15) is 5.11 Å². The van der Waals surface area contributed by atoms with Crippen LogP contribution in [0.4, 0.5) is 0 Å². The molecule has 100 valence electrons. The van der Waals surface area contributed by atoms with Gasteiger partial charge in [-0.2, -0.15) is 0 Å². The fourth-order valence-electron chi connectivity index (χ4n) is 1.16. The summed E-state index contributed by atoms with van der Waals surface area (Å²) >= 11 is 0. The van der Waals surface area contributed by atoms with Gasteiger partial charge in [-0.25, -0.2) is 0 Å². The van der Waals surface area contributed by atoms with E-state index in [-0.39, 0.29) is 0 Å². The maximum absolute atomic E-state index is 9.28. The van der Waals surface area contributed by atoms with Gasteiger partial charge in [0.1, 0.15) is 6.10 Å². The highest BCUT2D eigenvalue weighted by Crippen LogP contribution is 1.83. The number of hydrogen-bond donors (Lipinski definition) is 3. The highest BCUT2D eigenvalue weighted by Gasteiger charge is 1.96. The smallest absolute Gasteiger partial charge is 0.127 e. The lowest BCUT2D eigenvalue weighted by Crippen LogP contribution is -2.27. The number of hydrogen-bond acceptors (Lipinski definition) is 5. The molecule has 0 aromatic heterocycles. The van der Waals surface area contributed by atoms with Gasteiger partial charge in [-0.05, 0) is 19.9 Å². The molecule has 0 radical (unpaired) electrons. The molecule has 1 unspecified atom stereocenters. The summed E-state index contributed by atoms with van der Waals surface area (Å²) in [4.78, 5) is 0. The molecule has 5 nitrogen and oxygen atoms in total. The highest BCUT2D eigenvalue weighted by atomic mass is 16.5. The Labute approximate surface area is 104 Å². The van der Waals surface area contributed by atoms with Crippen LogP contribution in [-0.2, 0) is 9.47 Å². The number of ether oxygens (including phenoxy) is 2. The van der Waals surface area contributed by atoms with Crippen LogP contribution in [0.2, 0.25) is 0 Å². The normalized spacial score (nSPS) is 11.9. The monoisotopic (exact) mass is 244 g/mol. The molecule has 0 aliphatic rings. The standard InChI is InChI=1S/C12H24N2O3/c1-2-4-12(15)11-14-6-3-7-16-9-10-17-8-5-13/h12,14-15H,3,5-11,13H2,1H3. The second-order valence-electron chi connectivity index (χ2n) is 3.48. The molecule has 0 aromatic carbocycles. The molecule has 5 heteroatoms. The number of aliphatic hydroxyl groups excluding tert-OH is 1. The van der Waals surface area contributed by atoms with Crippen molar-refractivity contribution in [1.82, 2.24) is 5.32 Å². The molecule has 0 aliphatic carbocycles. The summed E-state index contributed by atoms with van der Waals surface area (Å²) in [5.74, 6) is 5.33. The zero-order chi connectivity index (χ0) is 12.8. The summed E-state index contributed by atoms with van der Waals surface area (Å²) in [5.41, 5.74) is 5.27. The van der Waals surface area contributed by atoms with Crippen molar-refractivity contribution in [2.75, 3.05) is 46.1 Å². The summed E-state index contributed by atoms with van der Waals surface area (Å²) < 4.78 is 10.5. The van der Waals surface area contributed by atoms with Crippen molar-refractivity contribution in [2.45, 2.75) is 19.4 Å². The van der Waals surface area contributed by atoms with E-state index in [0.717, 1.165) is 13.0 Å². The molecular formula is C12H24N2O3. The van der Waals surface area contributed by atoms with E-state index in [1.807, 2.05) is 0 Å². The van der Waals surface area contributed by atoms with Gasteiger partial charge in [-0.1, -0.05) is 5.92 Å². The Hall–Kier alpha value is -0.640. The maximum Gasteiger partial charge on any atom is 0.127 e. The molecular weight excluding hydrogens is 220 g/mol. The average Bonchev–Trinajstić information content (AvgIpc) is 2.32. The lowest BCUT2D eigenvalue weighted by Gasteiger charge is -2.07. The van der Waals surface area contributed by atoms with Gasteiger partial charge in [0, 0.05) is 19.7 Å². The zero-order valence-corrected chi connectivity index (χ0v) is 10.6. The molecule has 4 N–H and O–H groups in total. The summed E-state index contributed by atoms with van der Waals surface area (Å²) in [6, 6.07) is 0. The fraction of sp³-hybridized carbons (Fsp3) is 0.833. The van der Waals surface area contributed by atoms with E-state index in [1.54, 1.807) is 6.92 Å². The molecule has 0 saturated heterocycles. The molecule has 0 heterocycles. The molecule has 0 fully saturated rings. The van der Waals surface area contributed by atoms with Crippen LogP contribution >= 0.6 is 0 Å². The third-order valence-electron chi connectivity index (χ3n) is 1.93.